The van der Waals surface area contributed by atoms with Crippen molar-refractivity contribution >= 4 is 17.8 Å². The second kappa shape index (κ2) is 7.47. The largest absolute Gasteiger partial charge is 0.480 e. The molecule has 0 radical (unpaired) electrons. The first-order valence-corrected chi connectivity index (χ1v) is 9.18. The number of hydrogen-bond donors (Lipinski definition) is 1. The van der Waals surface area contributed by atoms with Crippen LogP contribution in [-0.2, 0) is 16.6 Å². The quantitative estimate of drug-likeness (QED) is 0.850. The number of carbonyl (C=O) groups is 3. The Kier molecular flexibility index (Phi) is 5.29. The fourth-order valence-electron chi connectivity index (χ4n) is 3.86. The van der Waals surface area contributed by atoms with Crippen molar-refractivity contribution in [1.29, 1.82) is 0 Å². The van der Waals surface area contributed by atoms with Gasteiger partial charge in [0.2, 0.25) is 5.91 Å². The van der Waals surface area contributed by atoms with E-state index in [1.807, 2.05) is 11.9 Å². The zero-order valence-corrected chi connectivity index (χ0v) is 15.3. The maximum absolute atomic E-state index is 13.0. The van der Waals surface area contributed by atoms with E-state index in [1.165, 1.54) is 11.8 Å². The van der Waals surface area contributed by atoms with Crippen LogP contribution in [0.15, 0.2) is 6.20 Å². The number of aryl methyl sites for hydroxylation is 1. The molecule has 0 aromatic carbocycles. The van der Waals surface area contributed by atoms with Gasteiger partial charge in [0.1, 0.15) is 6.54 Å². The molecule has 1 saturated heterocycles. The van der Waals surface area contributed by atoms with Gasteiger partial charge >= 0.3 is 5.97 Å². The lowest BCUT2D eigenvalue weighted by molar-refractivity contribution is -0.145. The SMILES string of the molecule is CC(=O)N(CC(=O)O)C1CCCN(C(=O)c2cnn(C)c2C2CC2)CC1. The van der Waals surface area contributed by atoms with E-state index in [4.69, 9.17) is 5.11 Å². The van der Waals surface area contributed by atoms with Crippen LogP contribution in [0.4, 0.5) is 0 Å². The summed E-state index contributed by atoms with van der Waals surface area (Å²) in [6, 6.07) is -0.141. The van der Waals surface area contributed by atoms with Gasteiger partial charge in [-0.05, 0) is 32.1 Å². The van der Waals surface area contributed by atoms with Crippen LogP contribution < -0.4 is 0 Å². The monoisotopic (exact) mass is 362 g/mol. The van der Waals surface area contributed by atoms with Crippen molar-refractivity contribution in [3.05, 3.63) is 17.5 Å². The number of aliphatic carboxylic acids is 1. The van der Waals surface area contributed by atoms with Crippen LogP contribution in [-0.4, -0.2) is 68.1 Å². The molecule has 8 heteroatoms. The third kappa shape index (κ3) is 3.89. The van der Waals surface area contributed by atoms with E-state index < -0.39 is 5.97 Å². The highest BCUT2D eigenvalue weighted by atomic mass is 16.4. The van der Waals surface area contributed by atoms with Crippen LogP contribution in [0.3, 0.4) is 0 Å². The predicted octanol–water partition coefficient (Wildman–Crippen LogP) is 1.23. The van der Waals surface area contributed by atoms with E-state index in [0.29, 0.717) is 37.4 Å². The molecule has 1 atom stereocenters. The van der Waals surface area contributed by atoms with Gasteiger partial charge in [-0.2, -0.15) is 5.10 Å². The molecule has 2 aliphatic rings. The van der Waals surface area contributed by atoms with Crippen LogP contribution >= 0.6 is 0 Å². The molecular weight excluding hydrogens is 336 g/mol. The number of amides is 2. The topological polar surface area (TPSA) is 95.7 Å². The molecule has 1 aromatic rings. The van der Waals surface area contributed by atoms with Gasteiger partial charge in [0.15, 0.2) is 0 Å². The first-order chi connectivity index (χ1) is 12.4. The number of likely N-dealkylation sites (tertiary alicyclic amines) is 1. The summed E-state index contributed by atoms with van der Waals surface area (Å²) in [7, 11) is 1.87. The number of rotatable bonds is 5. The van der Waals surface area contributed by atoms with Crippen LogP contribution in [0.25, 0.3) is 0 Å². The number of carboxylic acid groups (broad SMARTS) is 1. The van der Waals surface area contributed by atoms with Crippen LogP contribution in [0.1, 0.15) is 61.0 Å². The van der Waals surface area contributed by atoms with Crippen LogP contribution in [0.2, 0.25) is 0 Å². The zero-order chi connectivity index (χ0) is 18.8. The average molecular weight is 362 g/mol. The molecule has 1 aliphatic carbocycles. The lowest BCUT2D eigenvalue weighted by Crippen LogP contribution is -2.43. The number of carboxylic acids is 1. The highest BCUT2D eigenvalue weighted by molar-refractivity contribution is 5.95. The molecule has 1 saturated carbocycles. The van der Waals surface area contributed by atoms with Crippen molar-refractivity contribution < 1.29 is 19.5 Å². The van der Waals surface area contributed by atoms with E-state index in [-0.39, 0.29) is 24.4 Å². The Labute approximate surface area is 152 Å². The fourth-order valence-corrected chi connectivity index (χ4v) is 3.86. The Bertz CT molecular complexity index is 710. The molecule has 1 N–H and O–H groups in total. The van der Waals surface area contributed by atoms with Gasteiger partial charge in [0.05, 0.1) is 17.5 Å². The summed E-state index contributed by atoms with van der Waals surface area (Å²) in [6.45, 7) is 2.25. The standard InChI is InChI=1S/C18H26N4O4/c1-12(23)22(11-16(24)25)14-4-3-8-21(9-7-14)18(26)15-10-19-20(2)17(15)13-5-6-13/h10,13-14H,3-9,11H2,1-2H3,(H,24,25). The number of nitrogens with zero attached hydrogens (tertiary/aromatic N) is 4. The molecule has 26 heavy (non-hydrogen) atoms. The Balaban J connectivity index is 1.69. The predicted molar refractivity (Wildman–Crippen MR) is 93.7 cm³/mol. The lowest BCUT2D eigenvalue weighted by atomic mass is 10.1. The summed E-state index contributed by atoms with van der Waals surface area (Å²) in [5.74, 6) is -0.819. The minimum Gasteiger partial charge on any atom is -0.480 e. The summed E-state index contributed by atoms with van der Waals surface area (Å²) in [5.41, 5.74) is 1.70. The first-order valence-electron chi connectivity index (χ1n) is 9.18. The Morgan fingerprint density at radius 1 is 1.23 bits per heavy atom. The molecule has 2 amide bonds. The molecule has 8 nitrogen and oxygen atoms in total. The summed E-state index contributed by atoms with van der Waals surface area (Å²) < 4.78 is 1.80. The maximum Gasteiger partial charge on any atom is 0.323 e. The fraction of sp³-hybridized carbons (Fsp3) is 0.667. The van der Waals surface area contributed by atoms with Crippen molar-refractivity contribution in [2.75, 3.05) is 19.6 Å². The van der Waals surface area contributed by atoms with Gasteiger partial charge < -0.3 is 14.9 Å². The van der Waals surface area contributed by atoms with E-state index >= 15 is 0 Å². The van der Waals surface area contributed by atoms with Crippen molar-refractivity contribution in [1.82, 2.24) is 19.6 Å². The Hall–Kier alpha value is -2.38. The molecule has 0 bridgehead atoms. The third-order valence-corrected chi connectivity index (χ3v) is 5.31. The van der Waals surface area contributed by atoms with Crippen molar-refractivity contribution in [2.24, 2.45) is 7.05 Å². The van der Waals surface area contributed by atoms with Crippen molar-refractivity contribution in [3.63, 3.8) is 0 Å². The molecule has 1 aliphatic heterocycles. The van der Waals surface area contributed by atoms with Gasteiger partial charge in [0, 0.05) is 39.0 Å². The van der Waals surface area contributed by atoms with Gasteiger partial charge in [-0.15, -0.1) is 0 Å². The number of aromatic nitrogens is 2. The molecule has 3 rings (SSSR count). The van der Waals surface area contributed by atoms with Crippen molar-refractivity contribution in [3.8, 4) is 0 Å². The summed E-state index contributed by atoms with van der Waals surface area (Å²) in [5, 5.41) is 13.3. The second-order valence-corrected chi connectivity index (χ2v) is 7.26. The molecule has 2 fully saturated rings. The summed E-state index contributed by atoms with van der Waals surface area (Å²) in [6.07, 6.45) is 5.91. The smallest absolute Gasteiger partial charge is 0.323 e. The van der Waals surface area contributed by atoms with Gasteiger partial charge in [0.25, 0.3) is 5.91 Å². The van der Waals surface area contributed by atoms with E-state index in [0.717, 1.165) is 25.0 Å². The van der Waals surface area contributed by atoms with Crippen molar-refractivity contribution in [2.45, 2.75) is 51.0 Å². The molecule has 1 aromatic heterocycles. The highest BCUT2D eigenvalue weighted by Crippen LogP contribution is 2.41. The zero-order valence-electron chi connectivity index (χ0n) is 15.3. The van der Waals surface area contributed by atoms with E-state index in [1.54, 1.807) is 10.9 Å². The Morgan fingerprint density at radius 2 is 1.96 bits per heavy atom. The molecule has 142 valence electrons. The molecule has 0 spiro atoms. The third-order valence-electron chi connectivity index (χ3n) is 5.31. The van der Waals surface area contributed by atoms with Crippen LogP contribution in [0.5, 0.6) is 0 Å². The Morgan fingerprint density at radius 3 is 2.58 bits per heavy atom. The lowest BCUT2D eigenvalue weighted by Gasteiger charge is -2.28. The maximum atomic E-state index is 13.0. The van der Waals surface area contributed by atoms with Gasteiger partial charge in [-0.3, -0.25) is 19.1 Å². The number of carbonyl (C=O) groups excluding carboxylic acids is 2. The molecular formula is C18H26N4O4. The minimum absolute atomic E-state index is 0.00624. The summed E-state index contributed by atoms with van der Waals surface area (Å²) in [4.78, 5) is 39.1. The van der Waals surface area contributed by atoms with Crippen LogP contribution in [0, 0.1) is 0 Å². The van der Waals surface area contributed by atoms with Gasteiger partial charge in [-0.25, -0.2) is 0 Å². The van der Waals surface area contributed by atoms with E-state index in [2.05, 4.69) is 5.10 Å². The van der Waals surface area contributed by atoms with E-state index in [9.17, 15) is 14.4 Å². The summed E-state index contributed by atoms with van der Waals surface area (Å²) >= 11 is 0. The molecule has 2 heterocycles. The van der Waals surface area contributed by atoms with Gasteiger partial charge in [-0.1, -0.05) is 0 Å². The molecule has 1 unspecified atom stereocenters. The average Bonchev–Trinajstić information content (AvgIpc) is 3.37. The normalized spacial score (nSPS) is 20.5. The second-order valence-electron chi connectivity index (χ2n) is 7.26. The first kappa shape index (κ1) is 18.4. The minimum atomic E-state index is -1.01. The number of hydrogen-bond acceptors (Lipinski definition) is 4. The highest BCUT2D eigenvalue weighted by Gasteiger charge is 2.34.